The van der Waals surface area contributed by atoms with E-state index in [0.29, 0.717) is 12.8 Å². The Bertz CT molecular complexity index is 489. The monoisotopic (exact) mass is 305 g/mol. The van der Waals surface area contributed by atoms with E-state index in [1.54, 1.807) is 0 Å². The SMILES string of the molecule is CCCCc1nc(C(=O)OCCC)c(Cl)n1O[N+](=O)[O-]. The molecule has 0 saturated heterocycles. The van der Waals surface area contributed by atoms with Crippen LogP contribution in [0.4, 0.5) is 0 Å². The summed E-state index contributed by atoms with van der Waals surface area (Å²) < 4.78 is 5.66. The first-order chi connectivity index (χ1) is 9.51. The van der Waals surface area contributed by atoms with E-state index in [4.69, 9.17) is 16.3 Å². The third-order valence-corrected chi connectivity index (χ3v) is 2.71. The van der Waals surface area contributed by atoms with Crippen LogP contribution in [0.2, 0.25) is 5.15 Å². The second kappa shape index (κ2) is 7.68. The van der Waals surface area contributed by atoms with Gasteiger partial charge in [-0.05, 0) is 24.4 Å². The zero-order chi connectivity index (χ0) is 15.1. The molecule has 0 aliphatic heterocycles. The van der Waals surface area contributed by atoms with Gasteiger partial charge < -0.3 is 4.74 Å². The Hall–Kier alpha value is -1.83. The van der Waals surface area contributed by atoms with Crippen LogP contribution in [-0.4, -0.2) is 27.4 Å². The van der Waals surface area contributed by atoms with Gasteiger partial charge in [-0.1, -0.05) is 25.0 Å². The van der Waals surface area contributed by atoms with Gasteiger partial charge in [-0.3, -0.25) is 0 Å². The summed E-state index contributed by atoms with van der Waals surface area (Å²) in [6.45, 7) is 4.03. The van der Waals surface area contributed by atoms with Gasteiger partial charge in [0.2, 0.25) is 11.5 Å². The average Bonchev–Trinajstić information content (AvgIpc) is 2.70. The maximum atomic E-state index is 11.7. The predicted octanol–water partition coefficient (Wildman–Crippen LogP) is 2.07. The Kier molecular flexibility index (Phi) is 6.23. The summed E-state index contributed by atoms with van der Waals surface area (Å²) in [6, 6.07) is 0. The summed E-state index contributed by atoms with van der Waals surface area (Å²) in [7, 11) is 0. The highest BCUT2D eigenvalue weighted by atomic mass is 35.5. The first kappa shape index (κ1) is 16.2. The van der Waals surface area contributed by atoms with Crippen molar-refractivity contribution >= 4 is 17.6 Å². The topological polar surface area (TPSA) is 96.5 Å². The summed E-state index contributed by atoms with van der Waals surface area (Å²) in [6.07, 6.45) is 2.65. The van der Waals surface area contributed by atoms with Crippen molar-refractivity contribution < 1.29 is 19.6 Å². The van der Waals surface area contributed by atoms with E-state index >= 15 is 0 Å². The van der Waals surface area contributed by atoms with E-state index in [9.17, 15) is 14.9 Å². The lowest BCUT2D eigenvalue weighted by Gasteiger charge is -2.01. The van der Waals surface area contributed by atoms with Crippen LogP contribution in [0.3, 0.4) is 0 Å². The minimum absolute atomic E-state index is 0.173. The van der Waals surface area contributed by atoms with Gasteiger partial charge in [0.05, 0.1) is 6.61 Å². The van der Waals surface area contributed by atoms with Gasteiger partial charge in [-0.25, -0.2) is 14.9 Å². The molecule has 0 aliphatic rings. The molecule has 0 atom stereocenters. The molecule has 1 heterocycles. The molecule has 1 aromatic heterocycles. The standard InChI is InChI=1S/C11H16ClN3O5/c1-3-5-6-8-13-9(11(16)19-7-4-2)10(12)14(8)20-15(17)18/h3-7H2,1-2H3. The Morgan fingerprint density at radius 1 is 1.45 bits per heavy atom. The van der Waals surface area contributed by atoms with E-state index in [-0.39, 0.29) is 23.3 Å². The molecule has 0 fully saturated rings. The van der Waals surface area contributed by atoms with Gasteiger partial charge in [0.25, 0.3) is 5.15 Å². The summed E-state index contributed by atoms with van der Waals surface area (Å²) in [4.78, 5) is 30.5. The average molecular weight is 306 g/mol. The van der Waals surface area contributed by atoms with E-state index < -0.39 is 11.1 Å². The quantitative estimate of drug-likeness (QED) is 0.414. The number of rotatable bonds is 8. The number of esters is 1. The van der Waals surface area contributed by atoms with Crippen molar-refractivity contribution in [1.29, 1.82) is 0 Å². The van der Waals surface area contributed by atoms with Crippen molar-refractivity contribution in [2.75, 3.05) is 6.61 Å². The number of unbranched alkanes of at least 4 members (excludes halogenated alkanes) is 1. The van der Waals surface area contributed by atoms with Gasteiger partial charge in [0, 0.05) is 6.42 Å². The molecule has 9 heteroatoms. The van der Waals surface area contributed by atoms with Crippen LogP contribution < -0.4 is 4.94 Å². The fourth-order valence-corrected chi connectivity index (χ4v) is 1.71. The fraction of sp³-hybridized carbons (Fsp3) is 0.636. The molecule has 1 rings (SSSR count). The molecule has 0 bridgehead atoms. The third kappa shape index (κ3) is 4.09. The van der Waals surface area contributed by atoms with Crippen LogP contribution in [0.15, 0.2) is 0 Å². The van der Waals surface area contributed by atoms with Crippen LogP contribution in [0, 0.1) is 10.1 Å². The highest BCUT2D eigenvalue weighted by molar-refractivity contribution is 6.32. The zero-order valence-corrected chi connectivity index (χ0v) is 12.1. The number of halogens is 1. The van der Waals surface area contributed by atoms with Crippen molar-refractivity contribution in [3.05, 3.63) is 26.8 Å². The molecule has 20 heavy (non-hydrogen) atoms. The van der Waals surface area contributed by atoms with E-state index in [1.165, 1.54) is 0 Å². The Morgan fingerprint density at radius 2 is 2.15 bits per heavy atom. The molecule has 8 nitrogen and oxygen atoms in total. The number of hydrogen-bond donors (Lipinski definition) is 0. The van der Waals surface area contributed by atoms with Crippen molar-refractivity contribution in [1.82, 2.24) is 9.71 Å². The van der Waals surface area contributed by atoms with Crippen LogP contribution in [-0.2, 0) is 11.2 Å². The molecule has 0 unspecified atom stereocenters. The molecule has 0 amide bonds. The molecule has 0 saturated carbocycles. The van der Waals surface area contributed by atoms with Gasteiger partial charge in [-0.2, -0.15) is 9.92 Å². The van der Waals surface area contributed by atoms with Crippen LogP contribution in [0.25, 0.3) is 0 Å². The lowest BCUT2D eigenvalue weighted by molar-refractivity contribution is -0.749. The Balaban J connectivity index is 3.03. The number of carbonyl (C=O) groups is 1. The number of nitrogens with zero attached hydrogens (tertiary/aromatic N) is 3. The van der Waals surface area contributed by atoms with Crippen LogP contribution in [0.5, 0.6) is 0 Å². The molecule has 0 spiro atoms. The molecule has 0 aliphatic carbocycles. The molecular weight excluding hydrogens is 290 g/mol. The number of aryl methyl sites for hydroxylation is 1. The fourth-order valence-electron chi connectivity index (χ4n) is 1.47. The Morgan fingerprint density at radius 3 is 2.70 bits per heavy atom. The number of aromatic nitrogens is 2. The summed E-state index contributed by atoms with van der Waals surface area (Å²) in [5.41, 5.74) is -0.173. The van der Waals surface area contributed by atoms with Gasteiger partial charge >= 0.3 is 5.97 Å². The van der Waals surface area contributed by atoms with Gasteiger partial charge in [0.15, 0.2) is 5.09 Å². The van der Waals surface area contributed by atoms with E-state index in [1.807, 2.05) is 13.8 Å². The minimum Gasteiger partial charge on any atom is -0.461 e. The second-order valence-corrected chi connectivity index (χ2v) is 4.36. The van der Waals surface area contributed by atoms with E-state index in [0.717, 1.165) is 17.6 Å². The predicted molar refractivity (Wildman–Crippen MR) is 70.0 cm³/mol. The second-order valence-electron chi connectivity index (χ2n) is 4.01. The molecule has 0 N–H and O–H groups in total. The lowest BCUT2D eigenvalue weighted by atomic mass is 10.2. The van der Waals surface area contributed by atoms with Gasteiger partial charge in [0.1, 0.15) is 0 Å². The van der Waals surface area contributed by atoms with Crippen molar-refractivity contribution in [3.8, 4) is 0 Å². The summed E-state index contributed by atoms with van der Waals surface area (Å²) in [5.74, 6) is -0.503. The molecule has 1 aromatic rings. The number of imidazole rings is 1. The number of ether oxygens (including phenoxy) is 1. The molecule has 112 valence electrons. The molecule has 0 aromatic carbocycles. The first-order valence-corrected chi connectivity index (χ1v) is 6.66. The normalized spacial score (nSPS) is 10.3. The largest absolute Gasteiger partial charge is 0.461 e. The molecule has 0 radical (unpaired) electrons. The summed E-state index contributed by atoms with van der Waals surface area (Å²) in [5, 5.41) is 9.19. The Labute approximate surface area is 120 Å². The van der Waals surface area contributed by atoms with Crippen molar-refractivity contribution in [2.45, 2.75) is 39.5 Å². The number of hydrogen-bond acceptors (Lipinski definition) is 6. The maximum Gasteiger partial charge on any atom is 0.362 e. The highest BCUT2D eigenvalue weighted by Crippen LogP contribution is 2.19. The zero-order valence-electron chi connectivity index (χ0n) is 11.3. The number of carbonyl (C=O) groups excluding carboxylic acids is 1. The molecular formula is C11H16ClN3O5. The minimum atomic E-state index is -1.01. The van der Waals surface area contributed by atoms with Crippen LogP contribution >= 0.6 is 11.6 Å². The third-order valence-electron chi connectivity index (χ3n) is 2.38. The highest BCUT2D eigenvalue weighted by Gasteiger charge is 2.28. The van der Waals surface area contributed by atoms with Crippen molar-refractivity contribution in [3.63, 3.8) is 0 Å². The van der Waals surface area contributed by atoms with Gasteiger partial charge in [-0.15, -0.1) is 0 Å². The smallest absolute Gasteiger partial charge is 0.362 e. The lowest BCUT2D eigenvalue weighted by Crippen LogP contribution is -2.20. The van der Waals surface area contributed by atoms with Crippen LogP contribution in [0.1, 0.15) is 49.4 Å². The maximum absolute atomic E-state index is 11.7. The van der Waals surface area contributed by atoms with E-state index in [2.05, 4.69) is 9.92 Å². The summed E-state index contributed by atoms with van der Waals surface area (Å²) >= 11 is 5.90. The first-order valence-electron chi connectivity index (χ1n) is 6.28. The van der Waals surface area contributed by atoms with Crippen molar-refractivity contribution in [2.24, 2.45) is 0 Å².